The van der Waals surface area contributed by atoms with Gasteiger partial charge in [-0.3, -0.25) is 4.79 Å². The Kier molecular flexibility index (Phi) is 5.35. The first kappa shape index (κ1) is 15.9. The molecular formula is C19H19N3O2. The molecular weight excluding hydrogens is 302 g/mol. The fraction of sp³-hybridized carbons (Fsp3) is 0.211. The van der Waals surface area contributed by atoms with E-state index in [2.05, 4.69) is 10.1 Å². The van der Waals surface area contributed by atoms with Crippen molar-refractivity contribution in [1.82, 2.24) is 14.8 Å². The van der Waals surface area contributed by atoms with E-state index in [0.717, 1.165) is 12.2 Å². The number of ether oxygens (including phenoxy) is 1. The zero-order valence-electron chi connectivity index (χ0n) is 13.3. The Labute approximate surface area is 140 Å². The third-order valence-electron chi connectivity index (χ3n) is 3.75. The molecule has 5 heteroatoms. The van der Waals surface area contributed by atoms with Gasteiger partial charge in [0, 0.05) is 5.56 Å². The highest BCUT2D eigenvalue weighted by atomic mass is 16.5. The van der Waals surface area contributed by atoms with E-state index in [1.54, 1.807) is 11.0 Å². The minimum Gasteiger partial charge on any atom is -0.494 e. The van der Waals surface area contributed by atoms with Gasteiger partial charge in [-0.05, 0) is 25.0 Å². The second kappa shape index (κ2) is 8.06. The van der Waals surface area contributed by atoms with Gasteiger partial charge in [-0.25, -0.2) is 9.67 Å². The summed E-state index contributed by atoms with van der Waals surface area (Å²) >= 11 is 0. The van der Waals surface area contributed by atoms with Crippen molar-refractivity contribution in [2.24, 2.45) is 0 Å². The first-order valence-electron chi connectivity index (χ1n) is 7.96. The molecule has 0 aliphatic rings. The maximum Gasteiger partial charge on any atom is 0.187 e. The van der Waals surface area contributed by atoms with E-state index in [4.69, 9.17) is 4.74 Å². The number of benzene rings is 2. The van der Waals surface area contributed by atoms with E-state index < -0.39 is 0 Å². The normalized spacial score (nSPS) is 11.8. The van der Waals surface area contributed by atoms with E-state index in [1.807, 2.05) is 60.7 Å². The lowest BCUT2D eigenvalue weighted by atomic mass is 10.0. The van der Waals surface area contributed by atoms with Gasteiger partial charge in [0.2, 0.25) is 0 Å². The molecule has 0 saturated heterocycles. The molecule has 0 saturated carbocycles. The van der Waals surface area contributed by atoms with Gasteiger partial charge in [0.1, 0.15) is 24.4 Å². The zero-order chi connectivity index (χ0) is 16.6. The number of carbonyl (C=O) groups is 1. The SMILES string of the molecule is O=C(c1ccccc1)C(CCCOc1ccccc1)n1cncn1. The number of carbonyl (C=O) groups excluding carboxylic acids is 1. The number of rotatable bonds is 8. The van der Waals surface area contributed by atoms with Crippen LogP contribution in [0.5, 0.6) is 5.75 Å². The first-order valence-corrected chi connectivity index (χ1v) is 7.96. The lowest BCUT2D eigenvalue weighted by molar-refractivity contribution is 0.0905. The summed E-state index contributed by atoms with van der Waals surface area (Å²) in [5.41, 5.74) is 0.682. The minimum atomic E-state index is -0.366. The molecule has 0 amide bonds. The van der Waals surface area contributed by atoms with Crippen molar-refractivity contribution in [3.63, 3.8) is 0 Å². The topological polar surface area (TPSA) is 57.0 Å². The van der Waals surface area contributed by atoms with Crippen LogP contribution in [0.4, 0.5) is 0 Å². The molecule has 5 nitrogen and oxygen atoms in total. The number of hydrogen-bond donors (Lipinski definition) is 0. The Hall–Kier alpha value is -2.95. The molecule has 1 heterocycles. The summed E-state index contributed by atoms with van der Waals surface area (Å²) < 4.78 is 7.33. The standard InChI is InChI=1S/C19H19N3O2/c23-19(16-8-3-1-4-9-16)18(22-15-20-14-21-22)12-7-13-24-17-10-5-2-6-11-17/h1-6,8-11,14-15,18H,7,12-13H2. The summed E-state index contributed by atoms with van der Waals surface area (Å²) in [6, 6.07) is 18.6. The zero-order valence-corrected chi connectivity index (χ0v) is 13.3. The van der Waals surface area contributed by atoms with Gasteiger partial charge in [0.15, 0.2) is 5.78 Å². The second-order valence-electron chi connectivity index (χ2n) is 5.43. The van der Waals surface area contributed by atoms with Gasteiger partial charge in [0.25, 0.3) is 0 Å². The van der Waals surface area contributed by atoms with Crippen LogP contribution in [0, 0.1) is 0 Å². The third kappa shape index (κ3) is 4.07. The van der Waals surface area contributed by atoms with Crippen molar-refractivity contribution in [2.45, 2.75) is 18.9 Å². The molecule has 3 aromatic rings. The number of para-hydroxylation sites is 1. The first-order chi connectivity index (χ1) is 11.8. The van der Waals surface area contributed by atoms with Crippen LogP contribution in [-0.4, -0.2) is 27.2 Å². The van der Waals surface area contributed by atoms with Crippen molar-refractivity contribution in [2.75, 3.05) is 6.61 Å². The monoisotopic (exact) mass is 321 g/mol. The fourth-order valence-electron chi connectivity index (χ4n) is 2.54. The van der Waals surface area contributed by atoms with Crippen LogP contribution < -0.4 is 4.74 Å². The number of hydrogen-bond acceptors (Lipinski definition) is 4. The van der Waals surface area contributed by atoms with Crippen LogP contribution in [-0.2, 0) is 0 Å². The van der Waals surface area contributed by atoms with Crippen molar-refractivity contribution < 1.29 is 9.53 Å². The van der Waals surface area contributed by atoms with Crippen LogP contribution in [0.25, 0.3) is 0 Å². The van der Waals surface area contributed by atoms with Gasteiger partial charge >= 0.3 is 0 Å². The lowest BCUT2D eigenvalue weighted by Gasteiger charge is -2.16. The highest BCUT2D eigenvalue weighted by Gasteiger charge is 2.22. The predicted octanol–water partition coefficient (Wildman–Crippen LogP) is 3.56. The quantitative estimate of drug-likeness (QED) is 0.470. The van der Waals surface area contributed by atoms with Gasteiger partial charge in [-0.15, -0.1) is 0 Å². The molecule has 0 spiro atoms. The number of ketones is 1. The van der Waals surface area contributed by atoms with Crippen LogP contribution >= 0.6 is 0 Å². The molecule has 0 radical (unpaired) electrons. The van der Waals surface area contributed by atoms with Gasteiger partial charge in [-0.1, -0.05) is 48.5 Å². The largest absolute Gasteiger partial charge is 0.494 e. The second-order valence-corrected chi connectivity index (χ2v) is 5.43. The summed E-state index contributed by atoms with van der Waals surface area (Å²) in [5, 5.41) is 4.14. The van der Waals surface area contributed by atoms with Crippen LogP contribution in [0.1, 0.15) is 29.2 Å². The number of Topliss-reactive ketones (excluding diaryl/α,β-unsaturated/α-hetero) is 1. The molecule has 2 aromatic carbocycles. The smallest absolute Gasteiger partial charge is 0.187 e. The molecule has 3 rings (SSSR count). The average Bonchev–Trinajstić information content (AvgIpc) is 3.17. The molecule has 0 bridgehead atoms. The Morgan fingerprint density at radius 3 is 2.42 bits per heavy atom. The van der Waals surface area contributed by atoms with Crippen LogP contribution in [0.3, 0.4) is 0 Å². The lowest BCUT2D eigenvalue weighted by Crippen LogP contribution is -2.21. The van der Waals surface area contributed by atoms with Crippen molar-refractivity contribution in [3.05, 3.63) is 78.9 Å². The Morgan fingerprint density at radius 2 is 1.75 bits per heavy atom. The van der Waals surface area contributed by atoms with Gasteiger partial charge < -0.3 is 4.74 Å². The molecule has 1 aromatic heterocycles. The molecule has 0 N–H and O–H groups in total. The minimum absolute atomic E-state index is 0.0424. The highest BCUT2D eigenvalue weighted by Crippen LogP contribution is 2.19. The third-order valence-corrected chi connectivity index (χ3v) is 3.75. The van der Waals surface area contributed by atoms with E-state index in [-0.39, 0.29) is 11.8 Å². The Balaban J connectivity index is 1.62. The van der Waals surface area contributed by atoms with E-state index in [0.29, 0.717) is 18.6 Å². The molecule has 0 aliphatic heterocycles. The molecule has 24 heavy (non-hydrogen) atoms. The molecule has 0 fully saturated rings. The van der Waals surface area contributed by atoms with Crippen molar-refractivity contribution in [3.8, 4) is 5.75 Å². The van der Waals surface area contributed by atoms with Gasteiger partial charge in [-0.2, -0.15) is 5.10 Å². The molecule has 1 atom stereocenters. The van der Waals surface area contributed by atoms with Crippen molar-refractivity contribution >= 4 is 5.78 Å². The molecule has 1 unspecified atom stereocenters. The van der Waals surface area contributed by atoms with Gasteiger partial charge in [0.05, 0.1) is 6.61 Å². The average molecular weight is 321 g/mol. The highest BCUT2D eigenvalue weighted by molar-refractivity contribution is 5.98. The predicted molar refractivity (Wildman–Crippen MR) is 91.0 cm³/mol. The maximum atomic E-state index is 12.8. The fourth-order valence-corrected chi connectivity index (χ4v) is 2.54. The Bertz CT molecular complexity index is 743. The van der Waals surface area contributed by atoms with E-state index >= 15 is 0 Å². The summed E-state index contributed by atoms with van der Waals surface area (Å²) in [6.45, 7) is 0.553. The maximum absolute atomic E-state index is 12.8. The summed E-state index contributed by atoms with van der Waals surface area (Å²) in [7, 11) is 0. The van der Waals surface area contributed by atoms with Crippen LogP contribution in [0.15, 0.2) is 73.3 Å². The Morgan fingerprint density at radius 1 is 1.04 bits per heavy atom. The molecule has 122 valence electrons. The molecule has 0 aliphatic carbocycles. The van der Waals surface area contributed by atoms with E-state index in [9.17, 15) is 4.79 Å². The number of nitrogens with zero attached hydrogens (tertiary/aromatic N) is 3. The summed E-state index contributed by atoms with van der Waals surface area (Å²) in [4.78, 5) is 16.7. The number of aromatic nitrogens is 3. The van der Waals surface area contributed by atoms with Crippen LogP contribution in [0.2, 0.25) is 0 Å². The summed E-state index contributed by atoms with van der Waals surface area (Å²) in [6.07, 6.45) is 4.43. The van der Waals surface area contributed by atoms with E-state index in [1.165, 1.54) is 6.33 Å². The van der Waals surface area contributed by atoms with Crippen molar-refractivity contribution in [1.29, 1.82) is 0 Å². The summed E-state index contributed by atoms with van der Waals surface area (Å²) in [5.74, 6) is 0.880.